The first kappa shape index (κ1) is 21.7. The van der Waals surface area contributed by atoms with Crippen molar-refractivity contribution in [1.82, 2.24) is 14.8 Å². The SMILES string of the molecule is COC(=O)c1ccc(CSc2nnc(-c3ccccc3OC)n2CCc2ccccc2)o1. The minimum absolute atomic E-state index is 0.184. The highest BCUT2D eigenvalue weighted by molar-refractivity contribution is 7.98. The lowest BCUT2D eigenvalue weighted by Crippen LogP contribution is -2.06. The van der Waals surface area contributed by atoms with Crippen molar-refractivity contribution in [2.24, 2.45) is 0 Å². The number of esters is 1. The first-order chi connectivity index (χ1) is 15.7. The summed E-state index contributed by atoms with van der Waals surface area (Å²) in [5, 5.41) is 9.68. The quantitative estimate of drug-likeness (QED) is 0.266. The molecule has 0 aliphatic carbocycles. The monoisotopic (exact) mass is 449 g/mol. The Kier molecular flexibility index (Phi) is 6.91. The van der Waals surface area contributed by atoms with Crippen LogP contribution in [-0.4, -0.2) is 35.0 Å². The van der Waals surface area contributed by atoms with Gasteiger partial charge in [-0.3, -0.25) is 0 Å². The van der Waals surface area contributed by atoms with Gasteiger partial charge in [-0.05, 0) is 36.2 Å². The summed E-state index contributed by atoms with van der Waals surface area (Å²) in [4.78, 5) is 11.6. The van der Waals surface area contributed by atoms with Gasteiger partial charge in [-0.15, -0.1) is 10.2 Å². The zero-order valence-electron chi connectivity index (χ0n) is 17.9. The lowest BCUT2D eigenvalue weighted by molar-refractivity contribution is 0.0563. The Morgan fingerprint density at radius 1 is 1.00 bits per heavy atom. The number of ether oxygens (including phenoxy) is 2. The number of aromatic nitrogens is 3. The van der Waals surface area contributed by atoms with Crippen LogP contribution in [0.5, 0.6) is 5.75 Å². The third kappa shape index (κ3) is 4.86. The maximum absolute atomic E-state index is 11.6. The molecule has 164 valence electrons. The molecule has 0 aliphatic heterocycles. The molecule has 0 saturated heterocycles. The van der Waals surface area contributed by atoms with E-state index >= 15 is 0 Å². The standard InChI is InChI=1S/C24H23N3O4S/c1-29-20-11-7-6-10-19(20)22-25-26-24(27(22)15-14-17-8-4-3-5-9-17)32-16-18-12-13-21(31-18)23(28)30-2/h3-13H,14-16H2,1-2H3. The Bertz CT molecular complexity index is 1190. The molecule has 0 amide bonds. The van der Waals surface area contributed by atoms with Gasteiger partial charge in [0.05, 0.1) is 25.5 Å². The van der Waals surface area contributed by atoms with Crippen molar-refractivity contribution in [2.75, 3.05) is 14.2 Å². The summed E-state index contributed by atoms with van der Waals surface area (Å²) in [6.45, 7) is 0.707. The van der Waals surface area contributed by atoms with Gasteiger partial charge >= 0.3 is 5.97 Å². The molecule has 2 aromatic carbocycles. The first-order valence-electron chi connectivity index (χ1n) is 10.1. The molecule has 4 aromatic rings. The number of nitrogens with zero attached hydrogens (tertiary/aromatic N) is 3. The molecule has 0 fully saturated rings. The fraction of sp³-hybridized carbons (Fsp3) is 0.208. The average molecular weight is 450 g/mol. The second-order valence-electron chi connectivity index (χ2n) is 6.94. The average Bonchev–Trinajstić information content (AvgIpc) is 3.48. The van der Waals surface area contributed by atoms with Crippen LogP contribution in [0.3, 0.4) is 0 Å². The molecule has 0 spiro atoms. The minimum Gasteiger partial charge on any atom is -0.496 e. The fourth-order valence-electron chi connectivity index (χ4n) is 3.31. The number of aryl methyl sites for hydroxylation is 1. The van der Waals surface area contributed by atoms with Crippen LogP contribution in [0.15, 0.2) is 76.3 Å². The smallest absolute Gasteiger partial charge is 0.373 e. The van der Waals surface area contributed by atoms with E-state index in [0.717, 1.165) is 28.7 Å². The van der Waals surface area contributed by atoms with E-state index in [2.05, 4.69) is 26.9 Å². The van der Waals surface area contributed by atoms with Crippen LogP contribution in [-0.2, 0) is 23.5 Å². The molecule has 2 heterocycles. The van der Waals surface area contributed by atoms with Crippen LogP contribution in [0, 0.1) is 0 Å². The molecular formula is C24H23N3O4S. The molecule has 0 atom stereocenters. The summed E-state index contributed by atoms with van der Waals surface area (Å²) in [5.41, 5.74) is 2.12. The van der Waals surface area contributed by atoms with E-state index in [0.29, 0.717) is 18.1 Å². The number of benzene rings is 2. The third-order valence-corrected chi connectivity index (χ3v) is 5.91. The van der Waals surface area contributed by atoms with Gasteiger partial charge in [-0.1, -0.05) is 54.2 Å². The van der Waals surface area contributed by atoms with Crippen LogP contribution >= 0.6 is 11.8 Å². The number of carbonyl (C=O) groups excluding carboxylic acids is 1. The van der Waals surface area contributed by atoms with Gasteiger partial charge in [0.1, 0.15) is 11.5 Å². The van der Waals surface area contributed by atoms with Crippen molar-refractivity contribution >= 4 is 17.7 Å². The lowest BCUT2D eigenvalue weighted by atomic mass is 10.1. The van der Waals surface area contributed by atoms with E-state index in [1.54, 1.807) is 19.2 Å². The van der Waals surface area contributed by atoms with Crippen molar-refractivity contribution in [3.63, 3.8) is 0 Å². The molecule has 32 heavy (non-hydrogen) atoms. The molecule has 0 bridgehead atoms. The number of rotatable bonds is 9. The summed E-state index contributed by atoms with van der Waals surface area (Å²) < 4.78 is 17.9. The highest BCUT2D eigenvalue weighted by Gasteiger charge is 2.18. The van der Waals surface area contributed by atoms with E-state index in [9.17, 15) is 4.79 Å². The number of hydrogen-bond acceptors (Lipinski definition) is 7. The van der Waals surface area contributed by atoms with Gasteiger partial charge in [0.2, 0.25) is 5.76 Å². The number of carbonyl (C=O) groups is 1. The van der Waals surface area contributed by atoms with E-state index < -0.39 is 5.97 Å². The zero-order valence-corrected chi connectivity index (χ0v) is 18.7. The van der Waals surface area contributed by atoms with Crippen molar-refractivity contribution in [3.05, 3.63) is 83.8 Å². The Hall–Kier alpha value is -3.52. The van der Waals surface area contributed by atoms with Gasteiger partial charge in [-0.2, -0.15) is 0 Å². The Morgan fingerprint density at radius 3 is 2.56 bits per heavy atom. The summed E-state index contributed by atoms with van der Waals surface area (Å²) in [5.74, 6) is 2.34. The fourth-order valence-corrected chi connectivity index (χ4v) is 4.17. The van der Waals surface area contributed by atoms with Crippen molar-refractivity contribution in [1.29, 1.82) is 0 Å². The number of furan rings is 1. The largest absolute Gasteiger partial charge is 0.496 e. The third-order valence-electron chi connectivity index (χ3n) is 4.92. The zero-order chi connectivity index (χ0) is 22.3. The van der Waals surface area contributed by atoms with Crippen LogP contribution in [0.4, 0.5) is 0 Å². The Balaban J connectivity index is 1.60. The molecule has 7 nitrogen and oxygen atoms in total. The van der Waals surface area contributed by atoms with Gasteiger partial charge < -0.3 is 18.5 Å². The predicted molar refractivity (Wildman–Crippen MR) is 122 cm³/mol. The topological polar surface area (TPSA) is 79.4 Å². The van der Waals surface area contributed by atoms with E-state index in [1.807, 2.05) is 42.5 Å². The Morgan fingerprint density at radius 2 is 1.78 bits per heavy atom. The van der Waals surface area contributed by atoms with Crippen LogP contribution in [0.2, 0.25) is 0 Å². The highest BCUT2D eigenvalue weighted by atomic mass is 32.2. The van der Waals surface area contributed by atoms with Crippen LogP contribution in [0.25, 0.3) is 11.4 Å². The maximum Gasteiger partial charge on any atom is 0.373 e. The molecule has 8 heteroatoms. The summed E-state index contributed by atoms with van der Waals surface area (Å²) in [7, 11) is 2.98. The van der Waals surface area contributed by atoms with Crippen LogP contribution in [0.1, 0.15) is 21.9 Å². The summed E-state index contributed by atoms with van der Waals surface area (Å²) >= 11 is 1.50. The predicted octanol–water partition coefficient (Wildman–Crippen LogP) is 4.87. The van der Waals surface area contributed by atoms with E-state index in [-0.39, 0.29) is 5.76 Å². The molecule has 4 rings (SSSR count). The van der Waals surface area contributed by atoms with Gasteiger partial charge in [-0.25, -0.2) is 4.79 Å². The second-order valence-corrected chi connectivity index (χ2v) is 7.88. The first-order valence-corrected chi connectivity index (χ1v) is 11.1. The molecule has 0 saturated carbocycles. The number of methoxy groups -OCH3 is 2. The minimum atomic E-state index is -0.495. The maximum atomic E-state index is 11.6. The van der Waals surface area contributed by atoms with Gasteiger partial charge in [0.15, 0.2) is 11.0 Å². The van der Waals surface area contributed by atoms with E-state index in [1.165, 1.54) is 24.4 Å². The molecule has 2 aromatic heterocycles. The molecule has 0 radical (unpaired) electrons. The summed E-state index contributed by atoms with van der Waals surface area (Å²) in [6.07, 6.45) is 0.835. The second kappa shape index (κ2) is 10.2. The highest BCUT2D eigenvalue weighted by Crippen LogP contribution is 2.32. The summed E-state index contributed by atoms with van der Waals surface area (Å²) in [6, 6.07) is 21.5. The number of hydrogen-bond donors (Lipinski definition) is 0. The molecule has 0 unspecified atom stereocenters. The molecule has 0 aliphatic rings. The Labute approximate surface area is 190 Å². The normalized spacial score (nSPS) is 10.8. The number of para-hydroxylation sites is 1. The lowest BCUT2D eigenvalue weighted by Gasteiger charge is -2.12. The van der Waals surface area contributed by atoms with Crippen molar-refractivity contribution in [2.45, 2.75) is 23.9 Å². The van der Waals surface area contributed by atoms with Crippen molar-refractivity contribution in [3.8, 4) is 17.1 Å². The molecule has 0 N–H and O–H groups in total. The van der Waals surface area contributed by atoms with Gasteiger partial charge in [0.25, 0.3) is 0 Å². The van der Waals surface area contributed by atoms with Crippen molar-refractivity contribution < 1.29 is 18.7 Å². The van der Waals surface area contributed by atoms with E-state index in [4.69, 9.17) is 13.9 Å². The van der Waals surface area contributed by atoms with Crippen LogP contribution < -0.4 is 4.74 Å². The van der Waals surface area contributed by atoms with Gasteiger partial charge in [0, 0.05) is 6.54 Å². The number of thioether (sulfide) groups is 1. The molecular weight excluding hydrogens is 426 g/mol.